The summed E-state index contributed by atoms with van der Waals surface area (Å²) in [5.74, 6) is 0.446. The first-order chi connectivity index (χ1) is 17.0. The molecule has 2 aromatic heterocycles. The molecule has 1 saturated heterocycles. The van der Waals surface area contributed by atoms with Gasteiger partial charge in [0.25, 0.3) is 5.91 Å². The number of nitrogens with zero attached hydrogens (tertiary/aromatic N) is 4. The van der Waals surface area contributed by atoms with Crippen molar-refractivity contribution in [2.75, 3.05) is 18.4 Å². The molecule has 4 aromatic rings. The summed E-state index contributed by atoms with van der Waals surface area (Å²) in [4.78, 5) is 28.3. The van der Waals surface area contributed by atoms with Gasteiger partial charge >= 0.3 is 0 Å². The molecule has 0 bridgehead atoms. The van der Waals surface area contributed by atoms with Gasteiger partial charge in [-0.2, -0.15) is 5.10 Å². The summed E-state index contributed by atoms with van der Waals surface area (Å²) in [6.07, 6.45) is 5.03. The van der Waals surface area contributed by atoms with Gasteiger partial charge < -0.3 is 14.8 Å². The van der Waals surface area contributed by atoms with Crippen LogP contribution >= 0.6 is 11.6 Å². The number of halogens is 1. The Bertz CT molecular complexity index is 1340. The van der Waals surface area contributed by atoms with Gasteiger partial charge in [0.2, 0.25) is 5.91 Å². The topological polar surface area (TPSA) is 72.2 Å². The number of likely N-dealkylation sites (tertiary alicyclic amines) is 1. The lowest BCUT2D eigenvalue weighted by molar-refractivity contribution is -0.121. The summed E-state index contributed by atoms with van der Waals surface area (Å²) in [6.45, 7) is 2.88. The third kappa shape index (κ3) is 4.72. The van der Waals surface area contributed by atoms with E-state index in [1.807, 2.05) is 82.0 Å². The third-order valence-corrected chi connectivity index (χ3v) is 6.58. The van der Waals surface area contributed by atoms with Crippen LogP contribution in [0, 0.1) is 12.8 Å². The van der Waals surface area contributed by atoms with Gasteiger partial charge in [0.05, 0.1) is 11.4 Å². The SMILES string of the molecule is Cc1nn(-c2ccccc2)c(-n2cccc2)c1C(=O)N1CCC(C(=O)Nc2cccc(Cl)c2)CC1. The molecule has 1 N–H and O–H groups in total. The monoisotopic (exact) mass is 487 g/mol. The Kier molecular flexibility index (Phi) is 6.42. The Labute approximate surface area is 208 Å². The van der Waals surface area contributed by atoms with Gasteiger partial charge in [-0.3, -0.25) is 9.59 Å². The van der Waals surface area contributed by atoms with Crippen LogP contribution in [-0.2, 0) is 4.79 Å². The van der Waals surface area contributed by atoms with Gasteiger partial charge in [-0.25, -0.2) is 4.68 Å². The number of para-hydroxylation sites is 1. The van der Waals surface area contributed by atoms with Crippen LogP contribution in [0.3, 0.4) is 0 Å². The van der Waals surface area contributed by atoms with Crippen molar-refractivity contribution < 1.29 is 9.59 Å². The number of carbonyl (C=O) groups is 2. The maximum absolute atomic E-state index is 13.7. The molecule has 5 rings (SSSR count). The third-order valence-electron chi connectivity index (χ3n) is 6.34. The molecule has 1 aliphatic heterocycles. The number of carbonyl (C=O) groups excluding carboxylic acids is 2. The largest absolute Gasteiger partial charge is 0.338 e. The molecule has 35 heavy (non-hydrogen) atoms. The molecule has 1 fully saturated rings. The maximum atomic E-state index is 13.7. The maximum Gasteiger partial charge on any atom is 0.259 e. The van der Waals surface area contributed by atoms with E-state index in [9.17, 15) is 9.59 Å². The second-order valence-corrected chi connectivity index (χ2v) is 9.12. The molecule has 0 unspecified atom stereocenters. The summed E-state index contributed by atoms with van der Waals surface area (Å²) >= 11 is 6.03. The average molecular weight is 488 g/mol. The molecule has 0 saturated carbocycles. The fraction of sp³-hybridized carbons (Fsp3) is 0.222. The van der Waals surface area contributed by atoms with Crippen LogP contribution in [0.5, 0.6) is 0 Å². The summed E-state index contributed by atoms with van der Waals surface area (Å²) < 4.78 is 3.74. The second-order valence-electron chi connectivity index (χ2n) is 8.69. The van der Waals surface area contributed by atoms with Crippen molar-refractivity contribution in [2.45, 2.75) is 19.8 Å². The lowest BCUT2D eigenvalue weighted by atomic mass is 9.95. The van der Waals surface area contributed by atoms with Crippen molar-refractivity contribution in [3.8, 4) is 11.5 Å². The van der Waals surface area contributed by atoms with Crippen LogP contribution in [0.15, 0.2) is 79.1 Å². The highest BCUT2D eigenvalue weighted by atomic mass is 35.5. The Morgan fingerprint density at radius 2 is 1.69 bits per heavy atom. The second kappa shape index (κ2) is 9.80. The van der Waals surface area contributed by atoms with E-state index in [2.05, 4.69) is 5.32 Å². The van der Waals surface area contributed by atoms with Gasteiger partial charge in [-0.1, -0.05) is 35.9 Å². The van der Waals surface area contributed by atoms with Crippen LogP contribution in [0.25, 0.3) is 11.5 Å². The van der Waals surface area contributed by atoms with E-state index in [-0.39, 0.29) is 17.7 Å². The number of hydrogen-bond donors (Lipinski definition) is 1. The molecular formula is C27H26ClN5O2. The van der Waals surface area contributed by atoms with Crippen LogP contribution in [0.4, 0.5) is 5.69 Å². The van der Waals surface area contributed by atoms with Crippen molar-refractivity contribution in [1.82, 2.24) is 19.2 Å². The van der Waals surface area contributed by atoms with Crippen molar-refractivity contribution >= 4 is 29.1 Å². The van der Waals surface area contributed by atoms with E-state index in [4.69, 9.17) is 16.7 Å². The molecule has 1 aliphatic rings. The number of hydrogen-bond acceptors (Lipinski definition) is 3. The molecule has 178 valence electrons. The lowest BCUT2D eigenvalue weighted by Gasteiger charge is -2.31. The fourth-order valence-corrected chi connectivity index (χ4v) is 4.73. The quantitative estimate of drug-likeness (QED) is 0.425. The summed E-state index contributed by atoms with van der Waals surface area (Å²) in [7, 11) is 0. The van der Waals surface area contributed by atoms with Gasteiger partial charge in [0, 0.05) is 42.1 Å². The van der Waals surface area contributed by atoms with Crippen LogP contribution in [0.1, 0.15) is 28.9 Å². The Hall–Kier alpha value is -3.84. The van der Waals surface area contributed by atoms with Gasteiger partial charge in [0.1, 0.15) is 5.56 Å². The molecule has 2 amide bonds. The van der Waals surface area contributed by atoms with E-state index in [1.165, 1.54) is 0 Å². The number of benzene rings is 2. The zero-order valence-electron chi connectivity index (χ0n) is 19.4. The van der Waals surface area contributed by atoms with Gasteiger partial charge in [-0.15, -0.1) is 0 Å². The van der Waals surface area contributed by atoms with Crippen molar-refractivity contribution in [3.05, 3.63) is 95.4 Å². The van der Waals surface area contributed by atoms with Crippen LogP contribution in [0.2, 0.25) is 5.02 Å². The van der Waals surface area contributed by atoms with Gasteiger partial charge in [0.15, 0.2) is 5.82 Å². The fourth-order valence-electron chi connectivity index (χ4n) is 4.54. The Morgan fingerprint density at radius 1 is 0.971 bits per heavy atom. The normalized spacial score (nSPS) is 14.2. The van der Waals surface area contributed by atoms with Crippen molar-refractivity contribution in [2.24, 2.45) is 5.92 Å². The molecule has 7 nitrogen and oxygen atoms in total. The molecular weight excluding hydrogens is 462 g/mol. The lowest BCUT2D eigenvalue weighted by Crippen LogP contribution is -2.41. The van der Waals surface area contributed by atoms with Crippen LogP contribution < -0.4 is 5.32 Å². The first-order valence-electron chi connectivity index (χ1n) is 11.7. The standard InChI is InChI=1S/C27H26ClN5O2/c1-19-24(26(31-14-5-6-15-31)33(30-19)23-10-3-2-4-11-23)27(35)32-16-12-20(13-17-32)25(34)29-22-9-7-8-21(28)18-22/h2-11,14-15,18,20H,12-13,16-17H2,1H3,(H,29,34). The summed E-state index contributed by atoms with van der Waals surface area (Å²) in [6, 6.07) is 20.8. The molecule has 0 atom stereocenters. The number of piperidine rings is 1. The summed E-state index contributed by atoms with van der Waals surface area (Å²) in [5, 5.41) is 8.24. The van der Waals surface area contributed by atoms with Crippen molar-refractivity contribution in [3.63, 3.8) is 0 Å². The number of nitrogens with one attached hydrogen (secondary N) is 1. The zero-order valence-corrected chi connectivity index (χ0v) is 20.2. The van der Waals surface area contributed by atoms with Crippen LogP contribution in [-0.4, -0.2) is 44.2 Å². The molecule has 0 aliphatic carbocycles. The molecule has 8 heteroatoms. The highest BCUT2D eigenvalue weighted by Gasteiger charge is 2.32. The Balaban J connectivity index is 1.35. The van der Waals surface area contributed by atoms with E-state index in [1.54, 1.807) is 18.2 Å². The van der Waals surface area contributed by atoms with E-state index in [0.29, 0.717) is 53.7 Å². The molecule has 0 radical (unpaired) electrons. The molecule has 3 heterocycles. The van der Waals surface area contributed by atoms with Crippen molar-refractivity contribution in [1.29, 1.82) is 0 Å². The first-order valence-corrected chi connectivity index (χ1v) is 12.0. The average Bonchev–Trinajstić information content (AvgIpc) is 3.52. The van der Waals surface area contributed by atoms with E-state index in [0.717, 1.165) is 5.69 Å². The number of amides is 2. The molecule has 2 aromatic carbocycles. The van der Waals surface area contributed by atoms with E-state index >= 15 is 0 Å². The highest BCUT2D eigenvalue weighted by Crippen LogP contribution is 2.27. The number of anilines is 1. The predicted octanol–water partition coefficient (Wildman–Crippen LogP) is 5.12. The number of rotatable bonds is 5. The molecule has 0 spiro atoms. The number of aryl methyl sites for hydroxylation is 1. The smallest absolute Gasteiger partial charge is 0.259 e. The minimum absolute atomic E-state index is 0.0412. The highest BCUT2D eigenvalue weighted by molar-refractivity contribution is 6.30. The Morgan fingerprint density at radius 3 is 2.37 bits per heavy atom. The minimum atomic E-state index is -0.157. The predicted molar refractivity (Wildman–Crippen MR) is 136 cm³/mol. The minimum Gasteiger partial charge on any atom is -0.338 e. The van der Waals surface area contributed by atoms with Gasteiger partial charge in [-0.05, 0) is 62.2 Å². The zero-order chi connectivity index (χ0) is 24.4. The number of aromatic nitrogens is 3. The van der Waals surface area contributed by atoms with E-state index < -0.39 is 0 Å². The summed E-state index contributed by atoms with van der Waals surface area (Å²) in [5.41, 5.74) is 2.81. The first kappa shape index (κ1) is 22.9.